The molecule has 0 heterocycles. The van der Waals surface area contributed by atoms with E-state index < -0.39 is 4.92 Å². The predicted octanol–water partition coefficient (Wildman–Crippen LogP) is 0.824. The first-order valence-electron chi connectivity index (χ1n) is 5.55. The molecule has 2 rings (SSSR count). The Labute approximate surface area is 104 Å². The molecular formula is C12H13N3O3. The van der Waals surface area contributed by atoms with Crippen molar-refractivity contribution in [3.63, 3.8) is 0 Å². The van der Waals surface area contributed by atoms with Crippen molar-refractivity contribution in [2.75, 3.05) is 0 Å². The molecular weight excluding hydrogens is 234 g/mol. The number of hydrogen-bond donors (Lipinski definition) is 2. The quantitative estimate of drug-likeness (QED) is 0.467. The Balaban J connectivity index is 1.91. The summed E-state index contributed by atoms with van der Waals surface area (Å²) in [4.78, 5) is 21.4. The highest BCUT2D eigenvalue weighted by atomic mass is 16.6. The highest BCUT2D eigenvalue weighted by Crippen LogP contribution is 2.17. The average Bonchev–Trinajstić information content (AvgIpc) is 3.02. The van der Waals surface area contributed by atoms with Crippen molar-refractivity contribution in [1.82, 2.24) is 5.32 Å². The lowest BCUT2D eigenvalue weighted by molar-refractivity contribution is -0.384. The molecule has 1 amide bonds. The van der Waals surface area contributed by atoms with Crippen molar-refractivity contribution < 1.29 is 9.72 Å². The minimum atomic E-state index is -0.464. The molecule has 0 spiro atoms. The molecule has 1 saturated carbocycles. The number of benzene rings is 1. The lowest BCUT2D eigenvalue weighted by Crippen LogP contribution is -2.27. The van der Waals surface area contributed by atoms with Crippen molar-refractivity contribution in [1.29, 1.82) is 0 Å². The van der Waals surface area contributed by atoms with E-state index in [9.17, 15) is 14.9 Å². The monoisotopic (exact) mass is 247 g/mol. The van der Waals surface area contributed by atoms with Crippen LogP contribution in [0, 0.1) is 10.1 Å². The van der Waals surface area contributed by atoms with Gasteiger partial charge in [-0.2, -0.15) is 0 Å². The molecule has 1 fully saturated rings. The summed E-state index contributed by atoms with van der Waals surface area (Å²) < 4.78 is 0. The molecule has 1 aliphatic carbocycles. The number of non-ortho nitro benzene ring substituents is 1. The van der Waals surface area contributed by atoms with E-state index in [1.165, 1.54) is 18.2 Å². The highest BCUT2D eigenvalue weighted by molar-refractivity contribution is 5.92. The van der Waals surface area contributed by atoms with Crippen LogP contribution >= 0.6 is 0 Å². The van der Waals surface area contributed by atoms with Gasteiger partial charge in [-0.3, -0.25) is 14.9 Å². The van der Waals surface area contributed by atoms with Crippen LogP contribution < -0.4 is 11.1 Å². The summed E-state index contributed by atoms with van der Waals surface area (Å²) >= 11 is 0. The summed E-state index contributed by atoms with van der Waals surface area (Å²) in [5, 5.41) is 13.2. The molecule has 1 aliphatic rings. The zero-order valence-corrected chi connectivity index (χ0v) is 9.58. The molecule has 94 valence electrons. The highest BCUT2D eigenvalue weighted by Gasteiger charge is 2.34. The number of nitrogens with one attached hydrogen (secondary N) is 1. The fourth-order valence-electron chi connectivity index (χ4n) is 1.49. The van der Waals surface area contributed by atoms with E-state index >= 15 is 0 Å². The topological polar surface area (TPSA) is 98.3 Å². The van der Waals surface area contributed by atoms with Gasteiger partial charge < -0.3 is 11.1 Å². The molecule has 3 N–H and O–H groups in total. The Morgan fingerprint density at radius 1 is 1.44 bits per heavy atom. The van der Waals surface area contributed by atoms with Gasteiger partial charge in [0.1, 0.15) is 0 Å². The van der Waals surface area contributed by atoms with Gasteiger partial charge in [0, 0.05) is 30.3 Å². The first-order chi connectivity index (χ1) is 8.56. The van der Waals surface area contributed by atoms with E-state index in [0.29, 0.717) is 0 Å². The normalized spacial score (nSPS) is 21.8. The van der Waals surface area contributed by atoms with Crippen molar-refractivity contribution >= 4 is 17.7 Å². The third-order valence-corrected chi connectivity index (χ3v) is 2.70. The van der Waals surface area contributed by atoms with Gasteiger partial charge in [-0.05, 0) is 30.2 Å². The van der Waals surface area contributed by atoms with E-state index in [2.05, 4.69) is 5.32 Å². The van der Waals surface area contributed by atoms with Gasteiger partial charge in [-0.1, -0.05) is 0 Å². The number of nitrogens with two attached hydrogens (primary N) is 1. The maximum absolute atomic E-state index is 11.4. The number of nitrogens with zero attached hydrogens (tertiary/aromatic N) is 1. The molecule has 2 atom stereocenters. The van der Waals surface area contributed by atoms with E-state index in [1.54, 1.807) is 18.2 Å². The summed E-state index contributed by atoms with van der Waals surface area (Å²) in [7, 11) is 0. The molecule has 2 unspecified atom stereocenters. The maximum atomic E-state index is 11.4. The summed E-state index contributed by atoms with van der Waals surface area (Å²) in [6.45, 7) is 0. The number of carbonyl (C=O) groups is 1. The van der Waals surface area contributed by atoms with Crippen LogP contribution in [0.1, 0.15) is 12.0 Å². The van der Waals surface area contributed by atoms with Crippen LogP contribution in [0.2, 0.25) is 0 Å². The average molecular weight is 247 g/mol. The zero-order chi connectivity index (χ0) is 13.1. The van der Waals surface area contributed by atoms with Crippen LogP contribution in [0.15, 0.2) is 30.3 Å². The summed E-state index contributed by atoms with van der Waals surface area (Å²) in [5.74, 6) is -0.202. The van der Waals surface area contributed by atoms with Crippen molar-refractivity contribution in [2.45, 2.75) is 18.5 Å². The lowest BCUT2D eigenvalue weighted by Gasteiger charge is -1.98. The first kappa shape index (κ1) is 12.3. The Morgan fingerprint density at radius 2 is 2.06 bits per heavy atom. The van der Waals surface area contributed by atoms with Crippen LogP contribution in [0.5, 0.6) is 0 Å². The second-order valence-electron chi connectivity index (χ2n) is 4.20. The van der Waals surface area contributed by atoms with Gasteiger partial charge in [-0.15, -0.1) is 0 Å². The number of nitro benzene ring substituents is 1. The standard InChI is InChI=1S/C12H13N3O3/c13-10-7-11(10)14-12(16)6-3-8-1-4-9(5-2-8)15(17)18/h1-6,10-11H,7,13H2,(H,14,16)/b6-3+. The second-order valence-corrected chi connectivity index (χ2v) is 4.20. The van der Waals surface area contributed by atoms with Gasteiger partial charge in [0.25, 0.3) is 5.69 Å². The summed E-state index contributed by atoms with van der Waals surface area (Å²) in [5.41, 5.74) is 6.32. The molecule has 18 heavy (non-hydrogen) atoms. The third-order valence-electron chi connectivity index (χ3n) is 2.70. The number of carbonyl (C=O) groups excluding carboxylic acids is 1. The van der Waals surface area contributed by atoms with Crippen LogP contribution in [0.3, 0.4) is 0 Å². The minimum absolute atomic E-state index is 0.0283. The van der Waals surface area contributed by atoms with E-state index in [-0.39, 0.29) is 23.7 Å². The zero-order valence-electron chi connectivity index (χ0n) is 9.58. The molecule has 6 heteroatoms. The molecule has 0 aliphatic heterocycles. The Morgan fingerprint density at radius 3 is 2.56 bits per heavy atom. The number of hydrogen-bond acceptors (Lipinski definition) is 4. The SMILES string of the molecule is NC1CC1NC(=O)/C=C/c1ccc([N+](=O)[O-])cc1. The molecule has 0 radical (unpaired) electrons. The Bertz CT molecular complexity index is 496. The van der Waals surface area contributed by atoms with Gasteiger partial charge in [0.15, 0.2) is 0 Å². The van der Waals surface area contributed by atoms with Crippen LogP contribution in [-0.4, -0.2) is 22.9 Å². The van der Waals surface area contributed by atoms with Crippen LogP contribution in [0.4, 0.5) is 5.69 Å². The van der Waals surface area contributed by atoms with Gasteiger partial charge in [0.2, 0.25) is 5.91 Å². The lowest BCUT2D eigenvalue weighted by atomic mass is 10.2. The van der Waals surface area contributed by atoms with Crippen molar-refractivity contribution in [3.8, 4) is 0 Å². The molecule has 0 bridgehead atoms. The molecule has 0 saturated heterocycles. The van der Waals surface area contributed by atoms with E-state index in [1.807, 2.05) is 0 Å². The number of nitro groups is 1. The molecule has 1 aromatic carbocycles. The van der Waals surface area contributed by atoms with Gasteiger partial charge in [-0.25, -0.2) is 0 Å². The molecule has 0 aromatic heterocycles. The van der Waals surface area contributed by atoms with Gasteiger partial charge in [0.05, 0.1) is 4.92 Å². The summed E-state index contributed by atoms with van der Waals surface area (Å²) in [6, 6.07) is 6.12. The van der Waals surface area contributed by atoms with Crippen LogP contribution in [0.25, 0.3) is 6.08 Å². The minimum Gasteiger partial charge on any atom is -0.348 e. The molecule has 1 aromatic rings. The second kappa shape index (κ2) is 4.97. The largest absolute Gasteiger partial charge is 0.348 e. The molecule has 6 nitrogen and oxygen atoms in total. The van der Waals surface area contributed by atoms with Gasteiger partial charge >= 0.3 is 0 Å². The first-order valence-corrected chi connectivity index (χ1v) is 5.55. The third kappa shape index (κ3) is 3.14. The fourth-order valence-corrected chi connectivity index (χ4v) is 1.49. The Kier molecular flexibility index (Phi) is 3.38. The fraction of sp³-hybridized carbons (Fsp3) is 0.250. The maximum Gasteiger partial charge on any atom is 0.269 e. The van der Waals surface area contributed by atoms with Crippen LogP contribution in [-0.2, 0) is 4.79 Å². The van der Waals surface area contributed by atoms with E-state index in [4.69, 9.17) is 5.73 Å². The van der Waals surface area contributed by atoms with Crippen molar-refractivity contribution in [3.05, 3.63) is 46.0 Å². The summed E-state index contributed by atoms with van der Waals surface area (Å²) in [6.07, 6.45) is 3.82. The van der Waals surface area contributed by atoms with Crippen molar-refractivity contribution in [2.24, 2.45) is 5.73 Å². The number of rotatable bonds is 4. The van der Waals surface area contributed by atoms with E-state index in [0.717, 1.165) is 12.0 Å². The Hall–Kier alpha value is -2.21. The predicted molar refractivity (Wildman–Crippen MR) is 66.7 cm³/mol. The number of amides is 1. The smallest absolute Gasteiger partial charge is 0.269 e.